The highest BCUT2D eigenvalue weighted by molar-refractivity contribution is 5.46. The Morgan fingerprint density at radius 1 is 1.08 bits per heavy atom. The van der Waals surface area contributed by atoms with E-state index in [1.165, 1.54) is 5.57 Å². The number of allylic oxidation sites excluding steroid dienone is 5. The highest BCUT2D eigenvalue weighted by Crippen LogP contribution is 2.30. The van der Waals surface area contributed by atoms with Gasteiger partial charge in [-0.15, -0.1) is 0 Å². The van der Waals surface area contributed by atoms with Crippen molar-refractivity contribution in [1.82, 2.24) is 0 Å². The Balaban J connectivity index is 0. The van der Waals surface area contributed by atoms with E-state index < -0.39 is 0 Å². The first-order valence-electron chi connectivity index (χ1n) is 3.59. The standard InChI is InChI=1S/C10H14.2CH4/c1-8-5-6-9(7-8)10(2,3)4;;/h5-7H,1H2,2-4H3;2*1H4. The van der Waals surface area contributed by atoms with Gasteiger partial charge < -0.3 is 0 Å². The van der Waals surface area contributed by atoms with Crippen LogP contribution in [0.15, 0.2) is 36.0 Å². The van der Waals surface area contributed by atoms with E-state index in [4.69, 9.17) is 0 Å². The van der Waals surface area contributed by atoms with Gasteiger partial charge in [0.15, 0.2) is 0 Å². The number of rotatable bonds is 0. The molecule has 0 bridgehead atoms. The Morgan fingerprint density at radius 2 is 1.58 bits per heavy atom. The van der Waals surface area contributed by atoms with Gasteiger partial charge in [-0.2, -0.15) is 0 Å². The summed E-state index contributed by atoms with van der Waals surface area (Å²) in [5.74, 6) is 0. The SMILES string of the molecule is C.C.C=C1C=CC(C(C)(C)C)=C1. The molecule has 0 nitrogen and oxygen atoms in total. The number of hydrogen-bond donors (Lipinski definition) is 0. The van der Waals surface area contributed by atoms with Crippen molar-refractivity contribution in [3.8, 4) is 0 Å². The smallest absolute Gasteiger partial charge is 0.0132 e. The third-order valence-electron chi connectivity index (χ3n) is 1.68. The fraction of sp³-hybridized carbons (Fsp3) is 0.500. The Hall–Kier alpha value is -0.780. The molecule has 12 heavy (non-hydrogen) atoms. The lowest BCUT2D eigenvalue weighted by atomic mass is 9.87. The van der Waals surface area contributed by atoms with Crippen LogP contribution in [0, 0.1) is 5.41 Å². The van der Waals surface area contributed by atoms with Gasteiger partial charge in [-0.05, 0) is 16.6 Å². The highest BCUT2D eigenvalue weighted by Gasteiger charge is 2.16. The molecule has 0 aromatic carbocycles. The van der Waals surface area contributed by atoms with E-state index in [0.29, 0.717) is 0 Å². The first kappa shape index (κ1) is 13.8. The van der Waals surface area contributed by atoms with Gasteiger partial charge in [0.05, 0.1) is 0 Å². The van der Waals surface area contributed by atoms with E-state index >= 15 is 0 Å². The molecule has 1 aliphatic rings. The molecule has 0 N–H and O–H groups in total. The van der Waals surface area contributed by atoms with Crippen molar-refractivity contribution in [2.75, 3.05) is 0 Å². The molecule has 0 aliphatic heterocycles. The molecule has 0 aromatic heterocycles. The van der Waals surface area contributed by atoms with Crippen molar-refractivity contribution in [2.45, 2.75) is 35.6 Å². The maximum atomic E-state index is 3.85. The van der Waals surface area contributed by atoms with E-state index in [2.05, 4.69) is 45.6 Å². The van der Waals surface area contributed by atoms with E-state index in [0.717, 1.165) is 5.57 Å². The summed E-state index contributed by atoms with van der Waals surface area (Å²) < 4.78 is 0. The summed E-state index contributed by atoms with van der Waals surface area (Å²) in [5.41, 5.74) is 2.76. The molecule has 0 heterocycles. The van der Waals surface area contributed by atoms with Crippen LogP contribution in [0.25, 0.3) is 0 Å². The maximum Gasteiger partial charge on any atom is -0.0132 e. The molecule has 0 saturated carbocycles. The van der Waals surface area contributed by atoms with Crippen molar-refractivity contribution in [1.29, 1.82) is 0 Å². The van der Waals surface area contributed by atoms with Crippen molar-refractivity contribution in [3.05, 3.63) is 36.0 Å². The topological polar surface area (TPSA) is 0 Å². The van der Waals surface area contributed by atoms with Crippen LogP contribution in [-0.4, -0.2) is 0 Å². The van der Waals surface area contributed by atoms with Gasteiger partial charge >= 0.3 is 0 Å². The van der Waals surface area contributed by atoms with Gasteiger partial charge in [-0.25, -0.2) is 0 Å². The summed E-state index contributed by atoms with van der Waals surface area (Å²) in [7, 11) is 0. The van der Waals surface area contributed by atoms with Crippen LogP contribution >= 0.6 is 0 Å². The summed E-state index contributed by atoms with van der Waals surface area (Å²) in [6.45, 7) is 10.5. The minimum absolute atomic E-state index is 0. The molecule has 0 unspecified atom stereocenters. The lowest BCUT2D eigenvalue weighted by molar-refractivity contribution is 0.518. The molecule has 0 aromatic rings. The van der Waals surface area contributed by atoms with Gasteiger partial charge in [0, 0.05) is 0 Å². The molecule has 0 fully saturated rings. The average Bonchev–Trinajstić information content (AvgIpc) is 2.11. The molecule has 70 valence electrons. The summed E-state index contributed by atoms with van der Waals surface area (Å²) in [5, 5.41) is 0. The monoisotopic (exact) mass is 166 g/mol. The average molecular weight is 166 g/mol. The van der Waals surface area contributed by atoms with Crippen molar-refractivity contribution in [3.63, 3.8) is 0 Å². The zero-order valence-corrected chi connectivity index (χ0v) is 6.94. The minimum atomic E-state index is 0. The third-order valence-corrected chi connectivity index (χ3v) is 1.68. The molecular formula is C12H22. The molecule has 1 aliphatic carbocycles. The largest absolute Gasteiger partial charge is 0.0918 e. The van der Waals surface area contributed by atoms with E-state index in [-0.39, 0.29) is 20.3 Å². The predicted octanol–water partition coefficient (Wildman–Crippen LogP) is 4.36. The molecule has 0 heteroatoms. The van der Waals surface area contributed by atoms with E-state index in [1.54, 1.807) is 0 Å². The molecule has 0 spiro atoms. The van der Waals surface area contributed by atoms with Gasteiger partial charge in [0.1, 0.15) is 0 Å². The van der Waals surface area contributed by atoms with Crippen LogP contribution in [0.3, 0.4) is 0 Å². The first-order chi connectivity index (χ1) is 4.50. The lowest BCUT2D eigenvalue weighted by Gasteiger charge is -2.17. The summed E-state index contributed by atoms with van der Waals surface area (Å²) in [6, 6.07) is 0. The Labute approximate surface area is 77.7 Å². The van der Waals surface area contributed by atoms with E-state index in [1.807, 2.05) is 0 Å². The quantitative estimate of drug-likeness (QED) is 0.501. The van der Waals surface area contributed by atoms with Crippen LogP contribution in [0.2, 0.25) is 0 Å². The third kappa shape index (κ3) is 3.08. The molecule has 0 amide bonds. The molecule has 1 rings (SSSR count). The zero-order valence-electron chi connectivity index (χ0n) is 6.94. The summed E-state index contributed by atoms with van der Waals surface area (Å²) in [4.78, 5) is 0. The van der Waals surface area contributed by atoms with Crippen LogP contribution in [0.1, 0.15) is 35.6 Å². The molecule has 0 saturated heterocycles. The first-order valence-corrected chi connectivity index (χ1v) is 3.59. The zero-order chi connectivity index (χ0) is 7.78. The summed E-state index contributed by atoms with van der Waals surface area (Å²) >= 11 is 0. The fourth-order valence-corrected chi connectivity index (χ4v) is 0.959. The minimum Gasteiger partial charge on any atom is -0.0918 e. The Kier molecular flexibility index (Phi) is 4.94. The summed E-state index contributed by atoms with van der Waals surface area (Å²) in [6.07, 6.45) is 6.34. The van der Waals surface area contributed by atoms with Gasteiger partial charge in [0.2, 0.25) is 0 Å². The second-order valence-electron chi connectivity index (χ2n) is 3.76. The molecular weight excluding hydrogens is 144 g/mol. The van der Waals surface area contributed by atoms with Crippen LogP contribution in [0.4, 0.5) is 0 Å². The molecule has 0 atom stereocenters. The van der Waals surface area contributed by atoms with E-state index in [9.17, 15) is 0 Å². The van der Waals surface area contributed by atoms with Crippen LogP contribution < -0.4 is 0 Å². The predicted molar refractivity (Wildman–Crippen MR) is 59.3 cm³/mol. The van der Waals surface area contributed by atoms with Gasteiger partial charge in [-0.1, -0.05) is 60.4 Å². The van der Waals surface area contributed by atoms with Crippen LogP contribution in [0.5, 0.6) is 0 Å². The van der Waals surface area contributed by atoms with Crippen molar-refractivity contribution in [2.24, 2.45) is 5.41 Å². The number of hydrogen-bond acceptors (Lipinski definition) is 0. The van der Waals surface area contributed by atoms with Gasteiger partial charge in [-0.3, -0.25) is 0 Å². The second-order valence-corrected chi connectivity index (χ2v) is 3.76. The maximum absolute atomic E-state index is 3.85. The van der Waals surface area contributed by atoms with Crippen molar-refractivity contribution < 1.29 is 0 Å². The van der Waals surface area contributed by atoms with Gasteiger partial charge in [0.25, 0.3) is 0 Å². The lowest BCUT2D eigenvalue weighted by Crippen LogP contribution is -2.05. The Morgan fingerprint density at radius 3 is 1.75 bits per heavy atom. The second kappa shape index (κ2) is 4.30. The normalized spacial score (nSPS) is 14.9. The highest BCUT2D eigenvalue weighted by atomic mass is 14.2. The molecule has 0 radical (unpaired) electrons. The van der Waals surface area contributed by atoms with Crippen LogP contribution in [-0.2, 0) is 0 Å². The van der Waals surface area contributed by atoms with Crippen molar-refractivity contribution >= 4 is 0 Å². The fourth-order valence-electron chi connectivity index (χ4n) is 0.959. The Bertz CT molecular complexity index is 209.